The van der Waals surface area contributed by atoms with Crippen molar-refractivity contribution >= 4 is 23.6 Å². The first-order valence-electron chi connectivity index (χ1n) is 11.1. The molecular weight excluding hydrogens is 374 g/mol. The van der Waals surface area contributed by atoms with Gasteiger partial charge in [-0.1, -0.05) is 4.48 Å². The van der Waals surface area contributed by atoms with Crippen LogP contribution in [0, 0.1) is 0 Å². The van der Waals surface area contributed by atoms with Crippen LogP contribution in [0.3, 0.4) is 0 Å². The topological polar surface area (TPSA) is 116 Å². The van der Waals surface area contributed by atoms with Crippen molar-refractivity contribution in [3.05, 3.63) is 0 Å². The van der Waals surface area contributed by atoms with Gasteiger partial charge in [0.05, 0.1) is 0 Å². The van der Waals surface area contributed by atoms with Crippen LogP contribution in [-0.2, 0) is 19.2 Å². The number of amides is 4. The number of imide groups is 6. The van der Waals surface area contributed by atoms with Gasteiger partial charge in [-0.3, -0.25) is 0 Å². The van der Waals surface area contributed by atoms with Gasteiger partial charge in [0.1, 0.15) is 24.2 Å². The van der Waals surface area contributed by atoms with Crippen LogP contribution < -0.4 is 21.3 Å². The molecule has 4 fully saturated rings. The van der Waals surface area contributed by atoms with Gasteiger partial charge in [-0.2, -0.15) is 0 Å². The lowest BCUT2D eigenvalue weighted by Crippen LogP contribution is -2.75. The van der Waals surface area contributed by atoms with Gasteiger partial charge < -0.3 is 21.3 Å². The van der Waals surface area contributed by atoms with Crippen molar-refractivity contribution in [2.45, 2.75) is 75.5 Å². The molecule has 4 rings (SSSR count). The molecule has 4 aliphatic rings. The Balaban J connectivity index is 1.79. The van der Waals surface area contributed by atoms with Gasteiger partial charge in [0, 0.05) is 0 Å². The lowest BCUT2D eigenvalue weighted by atomic mass is 10.0. The molecule has 0 radical (unpaired) electrons. The molecule has 4 aliphatic heterocycles. The zero-order chi connectivity index (χ0) is 20.4. The highest BCUT2D eigenvalue weighted by Gasteiger charge is 2.65. The van der Waals surface area contributed by atoms with Crippen molar-refractivity contribution in [3.63, 3.8) is 0 Å². The van der Waals surface area contributed by atoms with E-state index < -0.39 is 52.3 Å². The first-order valence-corrected chi connectivity index (χ1v) is 11.1. The van der Waals surface area contributed by atoms with E-state index >= 15 is 0 Å². The Morgan fingerprint density at radius 1 is 0.483 bits per heavy atom. The Morgan fingerprint density at radius 3 is 0.897 bits per heavy atom. The number of hydrogen-bond acceptors (Lipinski definition) is 8. The third-order valence-electron chi connectivity index (χ3n) is 6.76. The van der Waals surface area contributed by atoms with E-state index in [4.69, 9.17) is 0 Å². The number of nitrogens with zero attached hydrogens (tertiary/aromatic N) is 1. The molecular formula is C20H32N5O4+. The predicted octanol–water partition coefficient (Wildman–Crippen LogP) is -1.08. The Labute approximate surface area is 170 Å². The summed E-state index contributed by atoms with van der Waals surface area (Å²) in [7, 11) is 0. The number of hydrogen-bond donors (Lipinski definition) is 4. The third kappa shape index (κ3) is 3.59. The quantitative estimate of drug-likeness (QED) is 0.344. The van der Waals surface area contributed by atoms with Crippen LogP contribution in [0.1, 0.15) is 51.4 Å². The van der Waals surface area contributed by atoms with Gasteiger partial charge in [-0.05, 0) is 77.5 Å². The summed E-state index contributed by atoms with van der Waals surface area (Å²) < 4.78 is -1.29. The van der Waals surface area contributed by atoms with Gasteiger partial charge in [-0.25, -0.2) is 19.2 Å². The molecule has 0 aromatic rings. The molecule has 0 aromatic carbocycles. The molecule has 4 N–H and O–H groups in total. The number of carbonyl (C=O) groups is 4. The average Bonchev–Trinajstić information content (AvgIpc) is 3.55. The minimum absolute atomic E-state index is 0.543. The minimum Gasteiger partial charge on any atom is -0.302 e. The summed E-state index contributed by atoms with van der Waals surface area (Å²) in [6.45, 7) is 2.60. The van der Waals surface area contributed by atoms with Crippen molar-refractivity contribution < 1.29 is 23.7 Å². The fraction of sp³-hybridized carbons (Fsp3) is 0.800. The molecule has 4 amide bonds. The van der Waals surface area contributed by atoms with Crippen LogP contribution >= 0.6 is 0 Å². The van der Waals surface area contributed by atoms with E-state index in [2.05, 4.69) is 21.3 Å². The summed E-state index contributed by atoms with van der Waals surface area (Å²) in [6, 6.07) is -2.57. The Bertz CT molecular complexity index is 555. The molecule has 9 heteroatoms. The summed E-state index contributed by atoms with van der Waals surface area (Å²) >= 11 is 0. The second kappa shape index (κ2) is 8.69. The maximum atomic E-state index is 13.8. The summed E-state index contributed by atoms with van der Waals surface area (Å²) in [6.07, 6.45) is 5.33. The smallest absolute Gasteiger partial charge is 0.302 e. The first kappa shape index (κ1) is 20.7. The van der Waals surface area contributed by atoms with E-state index in [-0.39, 0.29) is 0 Å². The number of carbonyl (C=O) groups excluding carboxylic acids is 4. The number of nitrogens with one attached hydrogen (secondary N) is 4. The zero-order valence-electron chi connectivity index (χ0n) is 16.9. The standard InChI is InChI=1S/C20H32N5O4/c26-17(13-5-1-9-21-13)25(18(27)14-6-2-10-22-14,19(28)15-7-3-11-23-15)20(29)16-8-4-12-24-16/h13-16,21-24H,1-12H2/q+1/t13-,14-,15-,16-/m0/s1. The molecule has 0 aromatic heterocycles. The monoisotopic (exact) mass is 406 g/mol. The molecule has 160 valence electrons. The fourth-order valence-corrected chi connectivity index (χ4v) is 5.17. The maximum Gasteiger partial charge on any atom is 0.353 e. The Hall–Kier alpha value is -1.52. The molecule has 4 saturated heterocycles. The largest absolute Gasteiger partial charge is 0.353 e. The van der Waals surface area contributed by atoms with Crippen LogP contribution in [0.5, 0.6) is 0 Å². The van der Waals surface area contributed by atoms with Crippen molar-refractivity contribution in [1.82, 2.24) is 21.3 Å². The SMILES string of the molecule is O=C([C@@H]1CCCN1)[N+](C(=O)[C@@H]1CCCN1)(C(=O)[C@@H]1CCCN1)C(=O)[C@@H]1CCCN1. The van der Waals surface area contributed by atoms with Crippen LogP contribution in [0.4, 0.5) is 0 Å². The highest BCUT2D eigenvalue weighted by atomic mass is 16.2. The molecule has 29 heavy (non-hydrogen) atoms. The molecule has 0 aliphatic carbocycles. The van der Waals surface area contributed by atoms with Gasteiger partial charge in [-0.15, -0.1) is 0 Å². The summed E-state index contributed by atoms with van der Waals surface area (Å²) in [5.41, 5.74) is 0. The molecule has 0 bridgehead atoms. The molecule has 0 unspecified atom stereocenters. The fourth-order valence-electron chi connectivity index (χ4n) is 5.17. The highest BCUT2D eigenvalue weighted by Crippen LogP contribution is 2.28. The Morgan fingerprint density at radius 2 is 0.724 bits per heavy atom. The Kier molecular flexibility index (Phi) is 6.21. The van der Waals surface area contributed by atoms with Crippen molar-refractivity contribution in [3.8, 4) is 0 Å². The maximum absolute atomic E-state index is 13.8. The third-order valence-corrected chi connectivity index (χ3v) is 6.76. The van der Waals surface area contributed by atoms with Crippen molar-refractivity contribution in [2.24, 2.45) is 0 Å². The number of rotatable bonds is 4. The summed E-state index contributed by atoms with van der Waals surface area (Å²) in [5.74, 6) is -2.34. The normalized spacial score (nSPS) is 32.6. The number of quaternary nitrogens is 1. The minimum atomic E-state index is -1.29. The summed E-state index contributed by atoms with van der Waals surface area (Å²) in [4.78, 5) is 55.3. The van der Waals surface area contributed by atoms with Crippen molar-refractivity contribution in [2.75, 3.05) is 26.2 Å². The highest BCUT2D eigenvalue weighted by molar-refractivity contribution is 6.14. The average molecular weight is 407 g/mol. The van der Waals surface area contributed by atoms with Crippen LogP contribution in [-0.4, -0.2) is 78.5 Å². The van der Waals surface area contributed by atoms with Crippen LogP contribution in [0.2, 0.25) is 0 Å². The van der Waals surface area contributed by atoms with E-state index in [0.29, 0.717) is 51.9 Å². The molecule has 0 saturated carbocycles. The van der Waals surface area contributed by atoms with E-state index in [1.54, 1.807) is 0 Å². The van der Waals surface area contributed by atoms with E-state index in [9.17, 15) is 19.2 Å². The molecule has 9 nitrogen and oxygen atoms in total. The van der Waals surface area contributed by atoms with Crippen LogP contribution in [0.15, 0.2) is 0 Å². The predicted molar refractivity (Wildman–Crippen MR) is 104 cm³/mol. The van der Waals surface area contributed by atoms with Gasteiger partial charge in [0.2, 0.25) is 0 Å². The van der Waals surface area contributed by atoms with Gasteiger partial charge in [0.25, 0.3) is 0 Å². The molecule has 4 atom stereocenters. The molecule has 4 heterocycles. The second-order valence-electron chi connectivity index (χ2n) is 8.62. The van der Waals surface area contributed by atoms with E-state index in [0.717, 1.165) is 25.7 Å². The first-order chi connectivity index (χ1) is 14.1. The lowest BCUT2D eigenvalue weighted by molar-refractivity contribution is -0.632. The lowest BCUT2D eigenvalue weighted by Gasteiger charge is -2.35. The van der Waals surface area contributed by atoms with E-state index in [1.165, 1.54) is 0 Å². The second-order valence-corrected chi connectivity index (χ2v) is 8.62. The zero-order valence-corrected chi connectivity index (χ0v) is 16.9. The summed E-state index contributed by atoms with van der Waals surface area (Å²) in [5, 5.41) is 12.5. The van der Waals surface area contributed by atoms with Gasteiger partial charge in [0.15, 0.2) is 0 Å². The van der Waals surface area contributed by atoms with Crippen LogP contribution in [0.25, 0.3) is 0 Å². The van der Waals surface area contributed by atoms with E-state index in [1.807, 2.05) is 0 Å². The molecule has 0 spiro atoms. The van der Waals surface area contributed by atoms with Crippen molar-refractivity contribution in [1.29, 1.82) is 0 Å². The van der Waals surface area contributed by atoms with Gasteiger partial charge >= 0.3 is 23.6 Å².